The third kappa shape index (κ3) is 6.54. The van der Waals surface area contributed by atoms with Crippen molar-refractivity contribution in [2.45, 2.75) is 13.0 Å². The maximum absolute atomic E-state index is 12.3. The van der Waals surface area contributed by atoms with Gasteiger partial charge in [0.05, 0.1) is 28.0 Å². The van der Waals surface area contributed by atoms with Crippen molar-refractivity contribution in [2.75, 3.05) is 67.8 Å². The lowest BCUT2D eigenvalue weighted by Gasteiger charge is -2.36. The fraction of sp³-hybridized carbons (Fsp3) is 0.632. The molecular weight excluding hydrogens is 478 g/mol. The molecule has 0 saturated carbocycles. The highest BCUT2D eigenvalue weighted by Gasteiger charge is 2.21. The van der Waals surface area contributed by atoms with Crippen LogP contribution in [0.25, 0.3) is 0 Å². The van der Waals surface area contributed by atoms with Crippen LogP contribution in [0.1, 0.15) is 12.0 Å². The number of rotatable bonds is 8. The molecule has 0 spiro atoms. The predicted molar refractivity (Wildman–Crippen MR) is 120 cm³/mol. The van der Waals surface area contributed by atoms with Crippen molar-refractivity contribution in [3.8, 4) is 17.2 Å². The van der Waals surface area contributed by atoms with Crippen molar-refractivity contribution in [3.05, 3.63) is 17.7 Å². The highest BCUT2D eigenvalue weighted by Crippen LogP contribution is 2.38. The third-order valence-corrected chi connectivity index (χ3v) is 4.61. The Balaban J connectivity index is 0.00000392. The quantitative estimate of drug-likeness (QED) is 0.251. The van der Waals surface area contributed by atoms with E-state index in [0.29, 0.717) is 30.2 Å². The van der Waals surface area contributed by atoms with E-state index in [1.165, 1.54) is 0 Å². The van der Waals surface area contributed by atoms with Gasteiger partial charge in [-0.15, -0.1) is 24.0 Å². The van der Waals surface area contributed by atoms with E-state index in [2.05, 4.69) is 20.1 Å². The van der Waals surface area contributed by atoms with Crippen LogP contribution in [-0.4, -0.2) is 83.5 Å². The number of hydrogen-bond donors (Lipinski definition) is 1. The Kier molecular flexibility index (Phi) is 11.3. The van der Waals surface area contributed by atoms with Crippen LogP contribution in [0.5, 0.6) is 17.2 Å². The fourth-order valence-electron chi connectivity index (χ4n) is 3.20. The molecule has 0 radical (unpaired) electrons. The molecule has 1 aliphatic heterocycles. The van der Waals surface area contributed by atoms with Gasteiger partial charge in [-0.05, 0) is 24.1 Å². The number of alkyl halides is 1. The zero-order chi connectivity index (χ0) is 19.6. The van der Waals surface area contributed by atoms with Crippen LogP contribution in [0, 0.1) is 0 Å². The highest BCUT2D eigenvalue weighted by molar-refractivity contribution is 14.0. The van der Waals surface area contributed by atoms with E-state index >= 15 is 0 Å². The summed E-state index contributed by atoms with van der Waals surface area (Å²) in [6.45, 7) is 4.68. The van der Waals surface area contributed by atoms with Crippen LogP contribution in [0.15, 0.2) is 17.1 Å². The summed E-state index contributed by atoms with van der Waals surface area (Å²) in [4.78, 5) is 8.89. The largest absolute Gasteiger partial charge is 0.493 e. The third-order valence-electron chi connectivity index (χ3n) is 4.61. The molecule has 1 aromatic rings. The smallest absolute Gasteiger partial charge is 0.203 e. The molecule has 0 aliphatic carbocycles. The van der Waals surface area contributed by atoms with Crippen molar-refractivity contribution in [1.82, 2.24) is 15.1 Å². The van der Waals surface area contributed by atoms with Gasteiger partial charge in [0.2, 0.25) is 5.75 Å². The lowest BCUT2D eigenvalue weighted by atomic mass is 10.1. The fourth-order valence-corrected chi connectivity index (χ4v) is 3.20. The van der Waals surface area contributed by atoms with Gasteiger partial charge in [-0.25, -0.2) is 0 Å². The zero-order valence-corrected chi connectivity index (χ0v) is 19.5. The Bertz CT molecular complexity index is 600. The van der Waals surface area contributed by atoms with E-state index in [1.807, 2.05) is 12.1 Å². The molecule has 0 atom stereocenters. The number of piperazine rings is 1. The lowest BCUT2D eigenvalue weighted by molar-refractivity contribution is 0.172. The number of methoxy groups -OCH3 is 3. The van der Waals surface area contributed by atoms with Crippen LogP contribution in [0.3, 0.4) is 0 Å². The zero-order valence-electron chi connectivity index (χ0n) is 17.2. The first-order chi connectivity index (χ1) is 13.2. The Morgan fingerprint density at radius 2 is 1.68 bits per heavy atom. The second-order valence-electron chi connectivity index (χ2n) is 6.31. The van der Waals surface area contributed by atoms with E-state index in [-0.39, 0.29) is 30.7 Å². The van der Waals surface area contributed by atoms with E-state index in [1.54, 1.807) is 28.4 Å². The molecule has 1 N–H and O–H groups in total. The number of halogens is 2. The van der Waals surface area contributed by atoms with E-state index in [9.17, 15) is 4.39 Å². The molecule has 1 aliphatic rings. The lowest BCUT2D eigenvalue weighted by Crippen LogP contribution is -2.52. The van der Waals surface area contributed by atoms with E-state index in [4.69, 9.17) is 14.2 Å². The average molecular weight is 510 g/mol. The first-order valence-electron chi connectivity index (χ1n) is 9.19. The predicted octanol–water partition coefficient (Wildman–Crippen LogP) is 2.38. The van der Waals surface area contributed by atoms with Crippen molar-refractivity contribution in [2.24, 2.45) is 4.99 Å². The Morgan fingerprint density at radius 1 is 1.07 bits per heavy atom. The van der Waals surface area contributed by atoms with Crippen LogP contribution in [0.2, 0.25) is 0 Å². The number of nitrogens with one attached hydrogen (secondary N) is 1. The summed E-state index contributed by atoms with van der Waals surface area (Å²) < 4.78 is 28.5. The minimum atomic E-state index is -0.313. The second-order valence-corrected chi connectivity index (χ2v) is 6.31. The SMILES string of the molecule is CN=C(NCCCF)N1CCN(Cc2cc(OC)c(OC)c(OC)c2)CC1.I. The first kappa shape index (κ1) is 24.5. The molecule has 7 nitrogen and oxygen atoms in total. The molecule has 1 heterocycles. The van der Waals surface area contributed by atoms with Crippen LogP contribution in [-0.2, 0) is 6.54 Å². The standard InChI is InChI=1S/C19H31FN4O3.HI/c1-21-19(22-7-5-6-20)24-10-8-23(9-11-24)14-15-12-16(25-2)18(27-4)17(13-15)26-3;/h12-13H,5-11,14H2,1-4H3,(H,21,22);1H. The number of guanidine groups is 1. The van der Waals surface area contributed by atoms with Gasteiger partial charge >= 0.3 is 0 Å². The molecule has 2 rings (SSSR count). The summed E-state index contributed by atoms with van der Waals surface area (Å²) in [6.07, 6.45) is 0.500. The normalized spacial score (nSPS) is 15.0. The molecule has 1 saturated heterocycles. The molecule has 1 aromatic carbocycles. The van der Waals surface area contributed by atoms with Gasteiger partial charge in [-0.1, -0.05) is 0 Å². The number of ether oxygens (including phenoxy) is 3. The molecule has 0 unspecified atom stereocenters. The molecule has 1 fully saturated rings. The van der Waals surface area contributed by atoms with Gasteiger partial charge in [0.25, 0.3) is 0 Å². The molecule has 0 amide bonds. The molecule has 160 valence electrons. The molecule has 0 bridgehead atoms. The number of benzene rings is 1. The summed E-state index contributed by atoms with van der Waals surface area (Å²) in [5, 5.41) is 3.22. The van der Waals surface area contributed by atoms with Gasteiger partial charge in [0, 0.05) is 46.3 Å². The maximum Gasteiger partial charge on any atom is 0.203 e. The Labute approximate surface area is 184 Å². The van der Waals surface area contributed by atoms with Crippen molar-refractivity contribution >= 4 is 29.9 Å². The monoisotopic (exact) mass is 510 g/mol. The van der Waals surface area contributed by atoms with Crippen molar-refractivity contribution < 1.29 is 18.6 Å². The number of nitrogens with zero attached hydrogens (tertiary/aromatic N) is 3. The summed E-state index contributed by atoms with van der Waals surface area (Å²) in [6, 6.07) is 3.98. The average Bonchev–Trinajstić information content (AvgIpc) is 2.71. The second kappa shape index (κ2) is 12.9. The van der Waals surface area contributed by atoms with E-state index < -0.39 is 0 Å². The van der Waals surface area contributed by atoms with Crippen molar-refractivity contribution in [3.63, 3.8) is 0 Å². The number of aliphatic imine (C=N–C) groups is 1. The van der Waals surface area contributed by atoms with Crippen LogP contribution >= 0.6 is 24.0 Å². The van der Waals surface area contributed by atoms with Crippen LogP contribution in [0.4, 0.5) is 4.39 Å². The summed E-state index contributed by atoms with van der Waals surface area (Å²) in [7, 11) is 6.62. The van der Waals surface area contributed by atoms with Gasteiger partial charge in [-0.2, -0.15) is 0 Å². The topological polar surface area (TPSA) is 58.6 Å². The van der Waals surface area contributed by atoms with Gasteiger partial charge in [-0.3, -0.25) is 14.3 Å². The molecule has 0 aromatic heterocycles. The minimum absolute atomic E-state index is 0. The summed E-state index contributed by atoms with van der Waals surface area (Å²) in [5.74, 6) is 2.79. The molecular formula is C19H32FIN4O3. The van der Waals surface area contributed by atoms with Gasteiger partial charge in [0.1, 0.15) is 0 Å². The molecule has 28 heavy (non-hydrogen) atoms. The summed E-state index contributed by atoms with van der Waals surface area (Å²) >= 11 is 0. The Morgan fingerprint density at radius 3 is 2.14 bits per heavy atom. The summed E-state index contributed by atoms with van der Waals surface area (Å²) in [5.41, 5.74) is 1.11. The highest BCUT2D eigenvalue weighted by atomic mass is 127. The van der Waals surface area contributed by atoms with Crippen LogP contribution < -0.4 is 19.5 Å². The first-order valence-corrected chi connectivity index (χ1v) is 9.19. The number of hydrogen-bond acceptors (Lipinski definition) is 5. The Hall–Kier alpha value is -1.49. The van der Waals surface area contributed by atoms with Crippen molar-refractivity contribution in [1.29, 1.82) is 0 Å². The molecule has 9 heteroatoms. The minimum Gasteiger partial charge on any atom is -0.493 e. The van der Waals surface area contributed by atoms with Gasteiger partial charge < -0.3 is 24.4 Å². The van der Waals surface area contributed by atoms with Gasteiger partial charge in [0.15, 0.2) is 17.5 Å². The maximum atomic E-state index is 12.3. The van der Waals surface area contributed by atoms with E-state index in [0.717, 1.165) is 44.2 Å².